The zero-order valence-electron chi connectivity index (χ0n) is 11.5. The number of rotatable bonds is 2. The Balaban J connectivity index is 2.29. The van der Waals surface area contributed by atoms with Gasteiger partial charge in [0.15, 0.2) is 11.0 Å². The summed E-state index contributed by atoms with van der Waals surface area (Å²) in [7, 11) is 1.76. The normalized spacial score (nSPS) is 24.4. The largest absolute Gasteiger partial charge is 0.377 e. The van der Waals surface area contributed by atoms with Gasteiger partial charge in [-0.05, 0) is 33.6 Å². The molecule has 1 aromatic heterocycles. The van der Waals surface area contributed by atoms with Crippen LogP contribution in [0.4, 0.5) is 5.82 Å². The van der Waals surface area contributed by atoms with Gasteiger partial charge in [0, 0.05) is 20.2 Å². The maximum Gasteiger partial charge on any atom is 0.171 e. The highest BCUT2D eigenvalue weighted by Crippen LogP contribution is 2.30. The van der Waals surface area contributed by atoms with E-state index in [9.17, 15) is 0 Å². The highest BCUT2D eigenvalue weighted by atomic mass is 35.5. The molecule has 0 radical (unpaired) electrons. The number of methoxy groups -OCH3 is 1. The SMILES string of the molecule is COC1(C)CCCN(c2nc(C)c(C)nc2Cl)C1. The molecule has 100 valence electrons. The lowest BCUT2D eigenvalue weighted by atomic mass is 9.95. The second kappa shape index (κ2) is 5.02. The third-order valence-electron chi connectivity index (χ3n) is 3.70. The fourth-order valence-electron chi connectivity index (χ4n) is 2.32. The molecule has 1 saturated heterocycles. The van der Waals surface area contributed by atoms with E-state index in [2.05, 4.69) is 21.8 Å². The molecule has 1 atom stereocenters. The summed E-state index contributed by atoms with van der Waals surface area (Å²) < 4.78 is 5.59. The van der Waals surface area contributed by atoms with Crippen LogP contribution < -0.4 is 4.90 Å². The minimum absolute atomic E-state index is 0.123. The van der Waals surface area contributed by atoms with Crippen LogP contribution in [0, 0.1) is 13.8 Å². The van der Waals surface area contributed by atoms with Crippen molar-refractivity contribution in [3.63, 3.8) is 0 Å². The van der Waals surface area contributed by atoms with Crippen LogP contribution in [0.25, 0.3) is 0 Å². The first-order chi connectivity index (χ1) is 8.45. The van der Waals surface area contributed by atoms with Gasteiger partial charge >= 0.3 is 0 Å². The number of hydrogen-bond donors (Lipinski definition) is 0. The van der Waals surface area contributed by atoms with Crippen LogP contribution in [0.1, 0.15) is 31.2 Å². The monoisotopic (exact) mass is 269 g/mol. The molecule has 0 aromatic carbocycles. The Morgan fingerprint density at radius 2 is 1.94 bits per heavy atom. The second-order valence-corrected chi connectivity index (χ2v) is 5.55. The van der Waals surface area contributed by atoms with Crippen molar-refractivity contribution in [2.24, 2.45) is 0 Å². The Morgan fingerprint density at radius 1 is 1.28 bits per heavy atom. The van der Waals surface area contributed by atoms with Gasteiger partial charge in [0.1, 0.15) is 0 Å². The number of nitrogens with zero attached hydrogens (tertiary/aromatic N) is 3. The van der Waals surface area contributed by atoms with E-state index < -0.39 is 0 Å². The van der Waals surface area contributed by atoms with Crippen molar-refractivity contribution in [1.82, 2.24) is 9.97 Å². The molecule has 0 bridgehead atoms. The van der Waals surface area contributed by atoms with Crippen LogP contribution in [-0.4, -0.2) is 35.8 Å². The second-order valence-electron chi connectivity index (χ2n) is 5.19. The first-order valence-corrected chi connectivity index (χ1v) is 6.64. The molecule has 0 aliphatic carbocycles. The fourth-order valence-corrected chi connectivity index (χ4v) is 2.61. The molecule has 2 heterocycles. The Morgan fingerprint density at radius 3 is 2.61 bits per heavy atom. The van der Waals surface area contributed by atoms with Crippen LogP contribution in [0.5, 0.6) is 0 Å². The van der Waals surface area contributed by atoms with Crippen LogP contribution >= 0.6 is 11.6 Å². The molecular formula is C13H20ClN3O. The van der Waals surface area contributed by atoms with E-state index in [1.807, 2.05) is 13.8 Å². The summed E-state index contributed by atoms with van der Waals surface area (Å²) in [4.78, 5) is 11.1. The Labute approximate surface area is 113 Å². The molecule has 0 amide bonds. The van der Waals surface area contributed by atoms with Crippen molar-refractivity contribution in [1.29, 1.82) is 0 Å². The summed E-state index contributed by atoms with van der Waals surface area (Å²) in [6, 6.07) is 0. The van der Waals surface area contributed by atoms with Crippen LogP contribution in [0.15, 0.2) is 0 Å². The fraction of sp³-hybridized carbons (Fsp3) is 0.692. The molecule has 0 saturated carbocycles. The average molecular weight is 270 g/mol. The maximum absolute atomic E-state index is 6.22. The van der Waals surface area contributed by atoms with E-state index in [4.69, 9.17) is 16.3 Å². The summed E-state index contributed by atoms with van der Waals surface area (Å²) in [6.45, 7) is 7.77. The number of aromatic nitrogens is 2. The summed E-state index contributed by atoms with van der Waals surface area (Å²) in [5.41, 5.74) is 1.69. The molecule has 1 aromatic rings. The predicted octanol–water partition coefficient (Wildman–Crippen LogP) is 2.75. The van der Waals surface area contributed by atoms with Crippen LogP contribution in [-0.2, 0) is 4.74 Å². The van der Waals surface area contributed by atoms with Gasteiger partial charge in [-0.15, -0.1) is 0 Å². The molecule has 0 spiro atoms. The number of halogens is 1. The zero-order chi connectivity index (χ0) is 13.3. The van der Waals surface area contributed by atoms with Gasteiger partial charge in [-0.3, -0.25) is 0 Å². The van der Waals surface area contributed by atoms with Gasteiger partial charge in [-0.25, -0.2) is 9.97 Å². The van der Waals surface area contributed by atoms with Crippen molar-refractivity contribution in [2.75, 3.05) is 25.1 Å². The minimum atomic E-state index is -0.123. The van der Waals surface area contributed by atoms with Crippen molar-refractivity contribution >= 4 is 17.4 Å². The molecule has 4 nitrogen and oxygen atoms in total. The number of ether oxygens (including phenoxy) is 1. The van der Waals surface area contributed by atoms with Gasteiger partial charge < -0.3 is 9.64 Å². The average Bonchev–Trinajstić information content (AvgIpc) is 2.34. The molecule has 1 fully saturated rings. The standard InChI is InChI=1S/C13H20ClN3O/c1-9-10(2)16-12(11(14)15-9)17-7-5-6-13(3,8-17)18-4/h5-8H2,1-4H3. The van der Waals surface area contributed by atoms with E-state index in [0.29, 0.717) is 5.15 Å². The number of piperidine rings is 1. The van der Waals surface area contributed by atoms with E-state index in [1.54, 1.807) is 7.11 Å². The van der Waals surface area contributed by atoms with E-state index in [-0.39, 0.29) is 5.60 Å². The molecule has 18 heavy (non-hydrogen) atoms. The van der Waals surface area contributed by atoms with Crippen molar-refractivity contribution in [2.45, 2.75) is 39.2 Å². The number of anilines is 1. The number of aryl methyl sites for hydroxylation is 2. The summed E-state index contributed by atoms with van der Waals surface area (Å²) in [5.74, 6) is 0.780. The first kappa shape index (κ1) is 13.6. The third-order valence-corrected chi connectivity index (χ3v) is 3.95. The number of hydrogen-bond acceptors (Lipinski definition) is 4. The van der Waals surface area contributed by atoms with E-state index in [0.717, 1.165) is 43.1 Å². The Bertz CT molecular complexity index is 452. The molecule has 1 aliphatic heterocycles. The quantitative estimate of drug-likeness (QED) is 0.828. The van der Waals surface area contributed by atoms with Crippen molar-refractivity contribution < 1.29 is 4.74 Å². The lowest BCUT2D eigenvalue weighted by molar-refractivity contribution is -0.00482. The van der Waals surface area contributed by atoms with E-state index >= 15 is 0 Å². The first-order valence-electron chi connectivity index (χ1n) is 6.26. The zero-order valence-corrected chi connectivity index (χ0v) is 12.2. The van der Waals surface area contributed by atoms with Gasteiger partial charge in [-0.2, -0.15) is 0 Å². The van der Waals surface area contributed by atoms with Gasteiger partial charge in [0.2, 0.25) is 0 Å². The molecule has 2 rings (SSSR count). The molecule has 1 aliphatic rings. The Hall–Kier alpha value is -0.870. The third kappa shape index (κ3) is 2.59. The smallest absolute Gasteiger partial charge is 0.171 e. The highest BCUT2D eigenvalue weighted by Gasteiger charge is 2.32. The lowest BCUT2D eigenvalue weighted by Crippen LogP contribution is -2.48. The molecular weight excluding hydrogens is 250 g/mol. The van der Waals surface area contributed by atoms with Gasteiger partial charge in [0.05, 0.1) is 17.0 Å². The van der Waals surface area contributed by atoms with Gasteiger partial charge in [0.25, 0.3) is 0 Å². The topological polar surface area (TPSA) is 38.2 Å². The lowest BCUT2D eigenvalue weighted by Gasteiger charge is -2.40. The molecule has 1 unspecified atom stereocenters. The maximum atomic E-state index is 6.22. The van der Waals surface area contributed by atoms with E-state index in [1.165, 1.54) is 0 Å². The summed E-state index contributed by atoms with van der Waals surface area (Å²) in [5, 5.41) is 0.485. The predicted molar refractivity (Wildman–Crippen MR) is 73.4 cm³/mol. The van der Waals surface area contributed by atoms with Crippen molar-refractivity contribution in [3.05, 3.63) is 16.5 Å². The summed E-state index contributed by atoms with van der Waals surface area (Å²) in [6.07, 6.45) is 2.14. The molecule has 0 N–H and O–H groups in total. The summed E-state index contributed by atoms with van der Waals surface area (Å²) >= 11 is 6.22. The van der Waals surface area contributed by atoms with Gasteiger partial charge in [-0.1, -0.05) is 11.6 Å². The van der Waals surface area contributed by atoms with Crippen molar-refractivity contribution in [3.8, 4) is 0 Å². The highest BCUT2D eigenvalue weighted by molar-refractivity contribution is 6.31. The van der Waals surface area contributed by atoms with Crippen LogP contribution in [0.3, 0.4) is 0 Å². The molecule has 5 heteroatoms. The minimum Gasteiger partial charge on any atom is -0.377 e. The Kier molecular flexibility index (Phi) is 3.78. The van der Waals surface area contributed by atoms with Crippen LogP contribution in [0.2, 0.25) is 5.15 Å².